The number of aromatic nitrogens is 2. The third-order valence-corrected chi connectivity index (χ3v) is 4.82. The number of halogens is 1. The number of hydrogen-bond acceptors (Lipinski definition) is 4. The quantitative estimate of drug-likeness (QED) is 0.715. The van der Waals surface area contributed by atoms with Gasteiger partial charge in [-0.05, 0) is 36.4 Å². The van der Waals surface area contributed by atoms with Crippen LogP contribution in [0.25, 0.3) is 16.6 Å². The number of H-pyrrole nitrogens is 1. The number of rotatable bonds is 2. The second-order valence-corrected chi connectivity index (χ2v) is 6.80. The SMILES string of the molecule is O=c1[nH]c2ccc(Br)cc2c(=O)n1-c1cccc(N2CCOCC2)c1. The molecule has 0 aliphatic carbocycles. The third-order valence-electron chi connectivity index (χ3n) is 4.32. The fourth-order valence-electron chi connectivity index (χ4n) is 3.07. The summed E-state index contributed by atoms with van der Waals surface area (Å²) in [4.78, 5) is 30.3. The van der Waals surface area contributed by atoms with Gasteiger partial charge in [-0.15, -0.1) is 0 Å². The molecule has 0 amide bonds. The maximum absolute atomic E-state index is 12.9. The van der Waals surface area contributed by atoms with E-state index < -0.39 is 5.69 Å². The molecule has 0 atom stereocenters. The minimum absolute atomic E-state index is 0.334. The van der Waals surface area contributed by atoms with E-state index in [0.717, 1.165) is 23.2 Å². The zero-order valence-corrected chi connectivity index (χ0v) is 15.0. The summed E-state index contributed by atoms with van der Waals surface area (Å²) in [5.74, 6) is 0. The van der Waals surface area contributed by atoms with Crippen molar-refractivity contribution >= 4 is 32.5 Å². The average Bonchev–Trinajstić information content (AvgIpc) is 2.64. The van der Waals surface area contributed by atoms with Crippen LogP contribution in [0, 0.1) is 0 Å². The Labute approximate surface area is 151 Å². The molecule has 1 aromatic heterocycles. The molecule has 7 heteroatoms. The van der Waals surface area contributed by atoms with Gasteiger partial charge in [0.15, 0.2) is 0 Å². The topological polar surface area (TPSA) is 67.3 Å². The molecule has 4 rings (SSSR count). The lowest BCUT2D eigenvalue weighted by molar-refractivity contribution is 0.122. The lowest BCUT2D eigenvalue weighted by atomic mass is 10.2. The van der Waals surface area contributed by atoms with Gasteiger partial charge in [0.25, 0.3) is 5.56 Å². The first kappa shape index (κ1) is 16.1. The molecule has 6 nitrogen and oxygen atoms in total. The molecule has 2 heterocycles. The van der Waals surface area contributed by atoms with Crippen molar-refractivity contribution in [2.45, 2.75) is 0 Å². The lowest BCUT2D eigenvalue weighted by Crippen LogP contribution is -2.37. The second-order valence-electron chi connectivity index (χ2n) is 5.88. The molecular weight excluding hydrogens is 386 g/mol. The van der Waals surface area contributed by atoms with Crippen molar-refractivity contribution in [2.75, 3.05) is 31.2 Å². The van der Waals surface area contributed by atoms with E-state index in [1.165, 1.54) is 4.57 Å². The van der Waals surface area contributed by atoms with Gasteiger partial charge in [-0.25, -0.2) is 9.36 Å². The largest absolute Gasteiger partial charge is 0.378 e. The molecule has 2 aromatic carbocycles. The third kappa shape index (κ3) is 3.01. The summed E-state index contributed by atoms with van der Waals surface area (Å²) >= 11 is 3.37. The summed E-state index contributed by atoms with van der Waals surface area (Å²) in [6.45, 7) is 2.93. The van der Waals surface area contributed by atoms with Crippen LogP contribution in [0.2, 0.25) is 0 Å². The number of aromatic amines is 1. The van der Waals surface area contributed by atoms with Crippen LogP contribution in [-0.4, -0.2) is 35.9 Å². The first-order valence-corrected chi connectivity index (χ1v) is 8.80. The fourth-order valence-corrected chi connectivity index (χ4v) is 3.43. The predicted octanol–water partition coefficient (Wildman–Crippen LogP) is 2.28. The van der Waals surface area contributed by atoms with Crippen LogP contribution >= 0.6 is 15.9 Å². The van der Waals surface area contributed by atoms with Crippen molar-refractivity contribution in [1.29, 1.82) is 0 Å². The monoisotopic (exact) mass is 401 g/mol. The number of ether oxygens (including phenoxy) is 1. The zero-order valence-electron chi connectivity index (χ0n) is 13.4. The van der Waals surface area contributed by atoms with Gasteiger partial charge in [-0.1, -0.05) is 22.0 Å². The highest BCUT2D eigenvalue weighted by Crippen LogP contribution is 2.19. The Balaban J connectivity index is 1.87. The van der Waals surface area contributed by atoms with Gasteiger partial charge in [0.1, 0.15) is 0 Å². The molecule has 0 unspecified atom stereocenters. The van der Waals surface area contributed by atoms with Crippen molar-refractivity contribution in [3.8, 4) is 5.69 Å². The Hall–Kier alpha value is -2.38. The Morgan fingerprint density at radius 3 is 2.56 bits per heavy atom. The van der Waals surface area contributed by atoms with Gasteiger partial charge in [0.05, 0.1) is 29.8 Å². The zero-order chi connectivity index (χ0) is 17.4. The molecule has 0 saturated carbocycles. The molecule has 128 valence electrons. The smallest absolute Gasteiger partial charge is 0.333 e. The fraction of sp³-hybridized carbons (Fsp3) is 0.222. The Morgan fingerprint density at radius 1 is 1.00 bits per heavy atom. The first-order valence-electron chi connectivity index (χ1n) is 8.01. The van der Waals surface area contributed by atoms with Crippen LogP contribution in [-0.2, 0) is 4.74 Å². The Bertz CT molecular complexity index is 1050. The highest BCUT2D eigenvalue weighted by atomic mass is 79.9. The summed E-state index contributed by atoms with van der Waals surface area (Å²) in [6.07, 6.45) is 0. The predicted molar refractivity (Wildman–Crippen MR) is 101 cm³/mol. The van der Waals surface area contributed by atoms with Crippen LogP contribution in [0.4, 0.5) is 5.69 Å². The molecule has 0 radical (unpaired) electrons. The van der Waals surface area contributed by atoms with Crippen LogP contribution in [0.15, 0.2) is 56.5 Å². The molecule has 3 aromatic rings. The molecule has 1 fully saturated rings. The van der Waals surface area contributed by atoms with Crippen LogP contribution in [0.1, 0.15) is 0 Å². The normalized spacial score (nSPS) is 14.8. The minimum Gasteiger partial charge on any atom is -0.378 e. The van der Waals surface area contributed by atoms with E-state index in [4.69, 9.17) is 4.74 Å². The number of fused-ring (bicyclic) bond motifs is 1. The molecule has 0 spiro atoms. The van der Waals surface area contributed by atoms with E-state index in [9.17, 15) is 9.59 Å². The van der Waals surface area contributed by atoms with E-state index in [1.807, 2.05) is 18.2 Å². The molecular formula is C18H16BrN3O3. The molecule has 25 heavy (non-hydrogen) atoms. The van der Waals surface area contributed by atoms with Crippen LogP contribution < -0.4 is 16.1 Å². The summed E-state index contributed by atoms with van der Waals surface area (Å²) < 4.78 is 7.35. The number of nitrogens with one attached hydrogen (secondary N) is 1. The van der Waals surface area contributed by atoms with Crippen molar-refractivity contribution in [3.63, 3.8) is 0 Å². The van der Waals surface area contributed by atoms with Gasteiger partial charge >= 0.3 is 5.69 Å². The van der Waals surface area contributed by atoms with E-state index in [2.05, 4.69) is 25.8 Å². The van der Waals surface area contributed by atoms with Crippen molar-refractivity contribution in [3.05, 3.63) is 67.8 Å². The standard InChI is InChI=1S/C18H16BrN3O3/c19-12-4-5-16-15(10-12)17(23)22(18(24)20-16)14-3-1-2-13(11-14)21-6-8-25-9-7-21/h1-5,10-11H,6-9H2,(H,20,24). The Kier molecular flexibility index (Phi) is 4.19. The molecule has 1 saturated heterocycles. The summed E-state index contributed by atoms with van der Waals surface area (Å²) in [5.41, 5.74) is 1.27. The van der Waals surface area contributed by atoms with Gasteiger partial charge in [0, 0.05) is 23.2 Å². The first-order chi connectivity index (χ1) is 12.1. The minimum atomic E-state index is -0.445. The summed E-state index contributed by atoms with van der Waals surface area (Å²) in [6, 6.07) is 12.7. The number of benzene rings is 2. The lowest BCUT2D eigenvalue weighted by Gasteiger charge is -2.29. The van der Waals surface area contributed by atoms with E-state index in [1.54, 1.807) is 24.3 Å². The van der Waals surface area contributed by atoms with Crippen molar-refractivity contribution in [1.82, 2.24) is 9.55 Å². The number of morpholine rings is 1. The Morgan fingerprint density at radius 2 is 1.76 bits per heavy atom. The molecule has 1 N–H and O–H groups in total. The maximum atomic E-state index is 12.9. The van der Waals surface area contributed by atoms with E-state index in [-0.39, 0.29) is 5.56 Å². The van der Waals surface area contributed by atoms with E-state index >= 15 is 0 Å². The average molecular weight is 402 g/mol. The maximum Gasteiger partial charge on any atom is 0.333 e. The van der Waals surface area contributed by atoms with Crippen LogP contribution in [0.3, 0.4) is 0 Å². The summed E-state index contributed by atoms with van der Waals surface area (Å²) in [7, 11) is 0. The van der Waals surface area contributed by atoms with Gasteiger partial charge in [-0.2, -0.15) is 0 Å². The number of nitrogens with zero attached hydrogens (tertiary/aromatic N) is 2. The second kappa shape index (κ2) is 6.50. The van der Waals surface area contributed by atoms with Crippen LogP contribution in [0.5, 0.6) is 0 Å². The molecule has 1 aliphatic heterocycles. The van der Waals surface area contributed by atoms with E-state index in [0.29, 0.717) is 29.8 Å². The van der Waals surface area contributed by atoms with Crippen molar-refractivity contribution in [2.24, 2.45) is 0 Å². The van der Waals surface area contributed by atoms with Gasteiger partial charge in [0.2, 0.25) is 0 Å². The van der Waals surface area contributed by atoms with Gasteiger partial charge in [-0.3, -0.25) is 4.79 Å². The summed E-state index contributed by atoms with van der Waals surface area (Å²) in [5, 5.41) is 0.464. The van der Waals surface area contributed by atoms with Gasteiger partial charge < -0.3 is 14.6 Å². The van der Waals surface area contributed by atoms with Crippen molar-refractivity contribution < 1.29 is 4.74 Å². The molecule has 1 aliphatic rings. The number of hydrogen-bond donors (Lipinski definition) is 1. The highest BCUT2D eigenvalue weighted by molar-refractivity contribution is 9.10. The highest BCUT2D eigenvalue weighted by Gasteiger charge is 2.14. The number of anilines is 1. The molecule has 0 bridgehead atoms.